The molecule has 0 bridgehead atoms. The molecule has 2 fully saturated rings. The first-order valence-corrected chi connectivity index (χ1v) is 8.08. The van der Waals surface area contributed by atoms with E-state index in [-0.39, 0.29) is 24.0 Å². The number of benzene rings is 1. The maximum Gasteiger partial charge on any atom is 0.191 e. The van der Waals surface area contributed by atoms with Crippen LogP contribution in [0.2, 0.25) is 0 Å². The molecule has 1 saturated heterocycles. The van der Waals surface area contributed by atoms with Gasteiger partial charge in [0.2, 0.25) is 0 Å². The molecule has 122 valence electrons. The average Bonchev–Trinajstić information content (AvgIpc) is 3.36. The van der Waals surface area contributed by atoms with Crippen LogP contribution in [0.4, 0.5) is 0 Å². The van der Waals surface area contributed by atoms with Crippen LogP contribution < -0.4 is 10.5 Å². The maximum absolute atomic E-state index is 6.11. The van der Waals surface area contributed by atoms with E-state index in [2.05, 4.69) is 16.0 Å². The number of aliphatic imine (C=N–C) groups is 1. The van der Waals surface area contributed by atoms with Gasteiger partial charge in [0.05, 0.1) is 13.2 Å². The number of hydrogen-bond acceptors (Lipinski definition) is 2. The fourth-order valence-corrected chi connectivity index (χ4v) is 2.66. The molecule has 4 nitrogen and oxygen atoms in total. The highest BCUT2D eigenvalue weighted by Crippen LogP contribution is 2.30. The van der Waals surface area contributed by atoms with Crippen molar-refractivity contribution in [3.63, 3.8) is 0 Å². The minimum atomic E-state index is 0. The van der Waals surface area contributed by atoms with Gasteiger partial charge in [0, 0.05) is 18.7 Å². The first-order chi connectivity index (χ1) is 10.3. The van der Waals surface area contributed by atoms with Crippen molar-refractivity contribution in [1.29, 1.82) is 0 Å². The Kier molecular flexibility index (Phi) is 6.79. The summed E-state index contributed by atoms with van der Waals surface area (Å²) in [6, 6.07) is 8.16. The Bertz CT molecular complexity index is 496. The number of nitrogens with zero attached hydrogens (tertiary/aromatic N) is 2. The van der Waals surface area contributed by atoms with E-state index in [4.69, 9.17) is 10.5 Å². The van der Waals surface area contributed by atoms with E-state index in [0.717, 1.165) is 36.9 Å². The number of halogens is 1. The number of hydrogen-bond donors (Lipinski definition) is 1. The van der Waals surface area contributed by atoms with Crippen LogP contribution in [-0.4, -0.2) is 30.6 Å². The maximum atomic E-state index is 6.11. The summed E-state index contributed by atoms with van der Waals surface area (Å²) in [5.74, 6) is 2.39. The number of guanidine groups is 1. The molecule has 2 N–H and O–H groups in total. The van der Waals surface area contributed by atoms with Crippen LogP contribution in [0.15, 0.2) is 29.3 Å². The van der Waals surface area contributed by atoms with Crippen molar-refractivity contribution >= 4 is 29.9 Å². The van der Waals surface area contributed by atoms with Crippen LogP contribution in [0.1, 0.15) is 37.7 Å². The number of likely N-dealkylation sites (tertiary alicyclic amines) is 1. The zero-order chi connectivity index (χ0) is 14.5. The van der Waals surface area contributed by atoms with Crippen LogP contribution in [0.3, 0.4) is 0 Å². The Morgan fingerprint density at radius 1 is 1.18 bits per heavy atom. The van der Waals surface area contributed by atoms with Crippen molar-refractivity contribution in [1.82, 2.24) is 4.90 Å². The summed E-state index contributed by atoms with van der Waals surface area (Å²) in [5, 5.41) is 0. The van der Waals surface area contributed by atoms with Gasteiger partial charge in [-0.3, -0.25) is 0 Å². The summed E-state index contributed by atoms with van der Waals surface area (Å²) in [7, 11) is 0. The summed E-state index contributed by atoms with van der Waals surface area (Å²) in [4.78, 5) is 6.75. The van der Waals surface area contributed by atoms with E-state index < -0.39 is 0 Å². The third kappa shape index (κ3) is 5.04. The average molecular weight is 415 g/mol. The predicted octanol–water partition coefficient (Wildman–Crippen LogP) is 3.39. The van der Waals surface area contributed by atoms with Crippen LogP contribution in [0, 0.1) is 5.92 Å². The van der Waals surface area contributed by atoms with Crippen molar-refractivity contribution in [2.24, 2.45) is 16.6 Å². The molecule has 0 atom stereocenters. The van der Waals surface area contributed by atoms with E-state index >= 15 is 0 Å². The second kappa shape index (κ2) is 8.60. The lowest BCUT2D eigenvalue weighted by atomic mass is 10.1. The SMILES string of the molecule is I.NC(=NCc1ccccc1OCC1CC1)N1CCCCC1. The highest BCUT2D eigenvalue weighted by Gasteiger charge is 2.22. The molecule has 3 rings (SSSR count). The molecule has 1 aliphatic carbocycles. The van der Waals surface area contributed by atoms with Gasteiger partial charge in [0.1, 0.15) is 5.75 Å². The highest BCUT2D eigenvalue weighted by molar-refractivity contribution is 14.0. The van der Waals surface area contributed by atoms with Gasteiger partial charge in [-0.1, -0.05) is 18.2 Å². The fraction of sp³-hybridized carbons (Fsp3) is 0.588. The minimum absolute atomic E-state index is 0. The monoisotopic (exact) mass is 415 g/mol. The molecule has 2 aliphatic rings. The summed E-state index contributed by atoms with van der Waals surface area (Å²) >= 11 is 0. The third-order valence-electron chi connectivity index (χ3n) is 4.24. The molecule has 1 aliphatic heterocycles. The van der Waals surface area contributed by atoms with Crippen molar-refractivity contribution in [3.05, 3.63) is 29.8 Å². The van der Waals surface area contributed by atoms with Crippen LogP contribution >= 0.6 is 24.0 Å². The summed E-state index contributed by atoms with van der Waals surface area (Å²) < 4.78 is 5.92. The highest BCUT2D eigenvalue weighted by atomic mass is 127. The topological polar surface area (TPSA) is 50.9 Å². The van der Waals surface area contributed by atoms with Crippen molar-refractivity contribution in [2.75, 3.05) is 19.7 Å². The summed E-state index contributed by atoms with van der Waals surface area (Å²) in [6.07, 6.45) is 6.36. The molecule has 1 aromatic rings. The first kappa shape index (κ1) is 17.4. The van der Waals surface area contributed by atoms with Crippen LogP contribution in [0.25, 0.3) is 0 Å². The molecule has 0 radical (unpaired) electrons. The van der Waals surface area contributed by atoms with Gasteiger partial charge < -0.3 is 15.4 Å². The molecule has 1 aromatic carbocycles. The lowest BCUT2D eigenvalue weighted by Gasteiger charge is -2.27. The molecular formula is C17H26IN3O. The molecule has 0 spiro atoms. The van der Waals surface area contributed by atoms with Gasteiger partial charge >= 0.3 is 0 Å². The smallest absolute Gasteiger partial charge is 0.191 e. The quantitative estimate of drug-likeness (QED) is 0.456. The van der Waals surface area contributed by atoms with E-state index in [1.807, 2.05) is 18.2 Å². The van der Waals surface area contributed by atoms with Gasteiger partial charge in [-0.25, -0.2) is 4.99 Å². The third-order valence-corrected chi connectivity index (χ3v) is 4.24. The predicted molar refractivity (Wildman–Crippen MR) is 101 cm³/mol. The van der Waals surface area contributed by atoms with E-state index in [1.54, 1.807) is 0 Å². The van der Waals surface area contributed by atoms with E-state index in [9.17, 15) is 0 Å². The Morgan fingerprint density at radius 2 is 1.91 bits per heavy atom. The molecule has 0 aromatic heterocycles. The largest absolute Gasteiger partial charge is 0.493 e. The Hall–Kier alpha value is -0.980. The number of piperidine rings is 1. The molecule has 5 heteroatoms. The lowest BCUT2D eigenvalue weighted by molar-refractivity contribution is 0.296. The molecule has 1 saturated carbocycles. The minimum Gasteiger partial charge on any atom is -0.493 e. The van der Waals surface area contributed by atoms with Crippen molar-refractivity contribution in [3.8, 4) is 5.75 Å². The Labute approximate surface area is 150 Å². The van der Waals surface area contributed by atoms with E-state index in [0.29, 0.717) is 12.5 Å². The zero-order valence-corrected chi connectivity index (χ0v) is 15.4. The lowest BCUT2D eigenvalue weighted by Crippen LogP contribution is -2.40. The van der Waals surface area contributed by atoms with Crippen LogP contribution in [0.5, 0.6) is 5.75 Å². The van der Waals surface area contributed by atoms with Gasteiger partial charge in [0.25, 0.3) is 0 Å². The molecule has 1 heterocycles. The number of ether oxygens (including phenoxy) is 1. The molecular weight excluding hydrogens is 389 g/mol. The van der Waals surface area contributed by atoms with Crippen molar-refractivity contribution < 1.29 is 4.74 Å². The van der Waals surface area contributed by atoms with Gasteiger partial charge in [-0.05, 0) is 44.1 Å². The number of rotatable bonds is 5. The van der Waals surface area contributed by atoms with E-state index in [1.165, 1.54) is 32.1 Å². The zero-order valence-electron chi connectivity index (χ0n) is 13.0. The number of nitrogens with two attached hydrogens (primary N) is 1. The summed E-state index contributed by atoms with van der Waals surface area (Å²) in [6.45, 7) is 3.51. The first-order valence-electron chi connectivity index (χ1n) is 8.08. The second-order valence-electron chi connectivity index (χ2n) is 6.08. The molecule has 0 unspecified atom stereocenters. The standard InChI is InChI=1S/C17H25N3O.HI/c18-17(20-10-4-1-5-11-20)19-12-15-6-2-3-7-16(15)21-13-14-8-9-14;/h2-3,6-7,14H,1,4-5,8-13H2,(H2,18,19);1H. The second-order valence-corrected chi connectivity index (χ2v) is 6.08. The molecule has 0 amide bonds. The fourth-order valence-electron chi connectivity index (χ4n) is 2.66. The Morgan fingerprint density at radius 3 is 2.64 bits per heavy atom. The number of para-hydroxylation sites is 1. The van der Waals surface area contributed by atoms with Crippen LogP contribution in [-0.2, 0) is 6.54 Å². The summed E-state index contributed by atoms with van der Waals surface area (Å²) in [5.41, 5.74) is 7.24. The Balaban J connectivity index is 0.00000176. The van der Waals surface area contributed by atoms with Crippen molar-refractivity contribution in [2.45, 2.75) is 38.6 Å². The normalized spacial score (nSPS) is 18.7. The van der Waals surface area contributed by atoms with Gasteiger partial charge in [0.15, 0.2) is 5.96 Å². The molecule has 22 heavy (non-hydrogen) atoms. The van der Waals surface area contributed by atoms with Gasteiger partial charge in [-0.2, -0.15) is 0 Å². The van der Waals surface area contributed by atoms with Gasteiger partial charge in [-0.15, -0.1) is 24.0 Å².